The van der Waals surface area contributed by atoms with E-state index in [1.807, 2.05) is 32.0 Å². The monoisotopic (exact) mass is 399 g/mol. The molecule has 2 aromatic carbocycles. The number of nitrogens with zero attached hydrogens (tertiary/aromatic N) is 2. The van der Waals surface area contributed by atoms with Crippen molar-refractivity contribution in [3.63, 3.8) is 0 Å². The van der Waals surface area contributed by atoms with E-state index in [1.54, 1.807) is 18.3 Å². The van der Waals surface area contributed by atoms with Crippen molar-refractivity contribution in [2.24, 2.45) is 5.10 Å². The van der Waals surface area contributed by atoms with Gasteiger partial charge in [0, 0.05) is 18.7 Å². The van der Waals surface area contributed by atoms with Crippen molar-refractivity contribution in [1.29, 1.82) is 0 Å². The van der Waals surface area contributed by atoms with Crippen LogP contribution in [0.2, 0.25) is 0 Å². The summed E-state index contributed by atoms with van der Waals surface area (Å²) in [6, 6.07) is 12.1. The van der Waals surface area contributed by atoms with E-state index in [0.29, 0.717) is 13.1 Å². The van der Waals surface area contributed by atoms with Gasteiger partial charge in [-0.05, 0) is 56.0 Å². The number of sulfonamides is 1. The molecular weight excluding hydrogens is 374 g/mol. The van der Waals surface area contributed by atoms with E-state index in [9.17, 15) is 13.2 Å². The second-order valence-electron chi connectivity index (χ2n) is 7.05. The SMILES string of the molecule is Cc1ccc(/C=N\NC(=O)c2cccc(S(=O)(=O)N3CCCCC3)c2)c(C)c1. The number of rotatable bonds is 5. The van der Waals surface area contributed by atoms with Crippen molar-refractivity contribution in [2.75, 3.05) is 13.1 Å². The lowest BCUT2D eigenvalue weighted by molar-refractivity contribution is 0.0955. The van der Waals surface area contributed by atoms with Crippen LogP contribution in [0.1, 0.15) is 46.3 Å². The Hall–Kier alpha value is -2.51. The lowest BCUT2D eigenvalue weighted by atomic mass is 10.1. The Morgan fingerprint density at radius 1 is 1.07 bits per heavy atom. The van der Waals surface area contributed by atoms with E-state index in [2.05, 4.69) is 10.5 Å². The molecule has 2 aromatic rings. The first-order chi connectivity index (χ1) is 13.4. The molecule has 6 nitrogen and oxygen atoms in total. The molecule has 0 aliphatic carbocycles. The number of hydrazone groups is 1. The highest BCUT2D eigenvalue weighted by atomic mass is 32.2. The van der Waals surface area contributed by atoms with E-state index in [1.165, 1.54) is 16.4 Å². The van der Waals surface area contributed by atoms with Gasteiger partial charge in [-0.15, -0.1) is 0 Å². The third-order valence-electron chi connectivity index (χ3n) is 4.84. The van der Waals surface area contributed by atoms with Crippen LogP contribution in [-0.2, 0) is 10.0 Å². The van der Waals surface area contributed by atoms with Crippen LogP contribution in [-0.4, -0.2) is 37.9 Å². The molecule has 0 radical (unpaired) electrons. The third kappa shape index (κ3) is 4.66. The highest BCUT2D eigenvalue weighted by molar-refractivity contribution is 7.89. The summed E-state index contributed by atoms with van der Waals surface area (Å²) < 4.78 is 27.1. The van der Waals surface area contributed by atoms with Crippen molar-refractivity contribution in [3.8, 4) is 0 Å². The minimum atomic E-state index is -3.58. The van der Waals surface area contributed by atoms with Crippen LogP contribution in [0.15, 0.2) is 52.5 Å². The molecule has 7 heteroatoms. The Bertz CT molecular complexity index is 994. The molecular formula is C21H25N3O3S. The van der Waals surface area contributed by atoms with Gasteiger partial charge in [0.15, 0.2) is 0 Å². The first-order valence-electron chi connectivity index (χ1n) is 9.39. The number of nitrogens with one attached hydrogen (secondary N) is 1. The number of piperidine rings is 1. The zero-order chi connectivity index (χ0) is 20.1. The van der Waals surface area contributed by atoms with Gasteiger partial charge in [-0.25, -0.2) is 13.8 Å². The molecule has 0 spiro atoms. The zero-order valence-electron chi connectivity index (χ0n) is 16.2. The Kier molecular flexibility index (Phi) is 6.26. The summed E-state index contributed by atoms with van der Waals surface area (Å²) in [6.45, 7) is 5.05. The number of carbonyl (C=O) groups excluding carboxylic acids is 1. The molecule has 28 heavy (non-hydrogen) atoms. The summed E-state index contributed by atoms with van der Waals surface area (Å²) in [5.41, 5.74) is 5.86. The largest absolute Gasteiger partial charge is 0.271 e. The normalized spacial score (nSPS) is 15.6. The quantitative estimate of drug-likeness (QED) is 0.619. The average molecular weight is 400 g/mol. The fourth-order valence-electron chi connectivity index (χ4n) is 3.25. The highest BCUT2D eigenvalue weighted by Gasteiger charge is 2.26. The Labute approximate surface area is 166 Å². The first kappa shape index (κ1) is 20.2. The van der Waals surface area contributed by atoms with Gasteiger partial charge >= 0.3 is 0 Å². The van der Waals surface area contributed by atoms with Crippen molar-refractivity contribution in [1.82, 2.24) is 9.73 Å². The Balaban J connectivity index is 1.72. The second kappa shape index (κ2) is 8.67. The maximum absolute atomic E-state index is 12.8. The molecule has 1 heterocycles. The van der Waals surface area contributed by atoms with E-state index >= 15 is 0 Å². The predicted molar refractivity (Wildman–Crippen MR) is 110 cm³/mol. The van der Waals surface area contributed by atoms with Crippen LogP contribution in [0.4, 0.5) is 0 Å². The lowest BCUT2D eigenvalue weighted by Gasteiger charge is -2.25. The first-order valence-corrected chi connectivity index (χ1v) is 10.8. The molecule has 1 fully saturated rings. The molecule has 0 atom stereocenters. The molecule has 148 valence electrons. The number of hydrogen-bond acceptors (Lipinski definition) is 4. The molecule has 1 saturated heterocycles. The Morgan fingerprint density at radius 2 is 1.82 bits per heavy atom. The molecule has 1 aliphatic heterocycles. The summed E-state index contributed by atoms with van der Waals surface area (Å²) >= 11 is 0. The number of carbonyl (C=O) groups is 1. The van der Waals surface area contributed by atoms with Crippen LogP contribution in [0, 0.1) is 13.8 Å². The predicted octanol–water partition coefficient (Wildman–Crippen LogP) is 3.24. The van der Waals surface area contributed by atoms with Crippen LogP contribution < -0.4 is 5.43 Å². The van der Waals surface area contributed by atoms with E-state index < -0.39 is 15.9 Å². The van der Waals surface area contributed by atoms with Crippen LogP contribution >= 0.6 is 0 Å². The minimum absolute atomic E-state index is 0.139. The second-order valence-corrected chi connectivity index (χ2v) is 8.99. The maximum Gasteiger partial charge on any atom is 0.271 e. The van der Waals surface area contributed by atoms with Crippen molar-refractivity contribution < 1.29 is 13.2 Å². The summed E-state index contributed by atoms with van der Waals surface area (Å²) in [5.74, 6) is -0.447. The van der Waals surface area contributed by atoms with Crippen LogP contribution in [0.25, 0.3) is 0 Å². The number of amides is 1. The smallest absolute Gasteiger partial charge is 0.267 e. The molecule has 0 unspecified atom stereocenters. The molecule has 1 N–H and O–H groups in total. The van der Waals surface area contributed by atoms with E-state index in [-0.39, 0.29) is 10.5 Å². The lowest BCUT2D eigenvalue weighted by Crippen LogP contribution is -2.35. The van der Waals surface area contributed by atoms with E-state index in [0.717, 1.165) is 36.0 Å². The van der Waals surface area contributed by atoms with Crippen molar-refractivity contribution in [3.05, 3.63) is 64.7 Å². The highest BCUT2D eigenvalue weighted by Crippen LogP contribution is 2.21. The van der Waals surface area contributed by atoms with Crippen LogP contribution in [0.5, 0.6) is 0 Å². The topological polar surface area (TPSA) is 78.8 Å². The fraction of sp³-hybridized carbons (Fsp3) is 0.333. The molecule has 3 rings (SSSR count). The molecule has 1 aliphatic rings. The standard InChI is InChI=1S/C21H25N3O3S/c1-16-9-10-19(17(2)13-16)15-22-23-21(25)18-7-6-8-20(14-18)28(26,27)24-11-4-3-5-12-24/h6-10,13-15H,3-5,11-12H2,1-2H3,(H,23,25)/b22-15-. The van der Waals surface area contributed by atoms with E-state index in [4.69, 9.17) is 0 Å². The number of hydrogen-bond donors (Lipinski definition) is 1. The van der Waals surface area contributed by atoms with Gasteiger partial charge in [-0.1, -0.05) is 36.2 Å². The molecule has 0 bridgehead atoms. The number of aryl methyl sites for hydroxylation is 2. The summed E-state index contributed by atoms with van der Waals surface area (Å²) in [7, 11) is -3.58. The van der Waals surface area contributed by atoms with Crippen molar-refractivity contribution in [2.45, 2.75) is 38.0 Å². The van der Waals surface area contributed by atoms with Gasteiger partial charge in [0.25, 0.3) is 5.91 Å². The summed E-state index contributed by atoms with van der Waals surface area (Å²) in [6.07, 6.45) is 4.37. The molecule has 0 saturated carbocycles. The molecule has 0 aromatic heterocycles. The van der Waals surface area contributed by atoms with Gasteiger partial charge in [-0.2, -0.15) is 9.41 Å². The van der Waals surface area contributed by atoms with Gasteiger partial charge in [-0.3, -0.25) is 4.79 Å². The summed E-state index contributed by atoms with van der Waals surface area (Å²) in [5, 5.41) is 4.01. The minimum Gasteiger partial charge on any atom is -0.267 e. The van der Waals surface area contributed by atoms with Gasteiger partial charge in [0.05, 0.1) is 11.1 Å². The van der Waals surface area contributed by atoms with Crippen molar-refractivity contribution >= 4 is 22.1 Å². The zero-order valence-corrected chi connectivity index (χ0v) is 17.0. The van der Waals surface area contributed by atoms with Crippen LogP contribution in [0.3, 0.4) is 0 Å². The Morgan fingerprint density at radius 3 is 2.54 bits per heavy atom. The van der Waals surface area contributed by atoms with Gasteiger partial charge in [0.1, 0.15) is 0 Å². The summed E-state index contributed by atoms with van der Waals surface area (Å²) in [4.78, 5) is 12.5. The molecule has 1 amide bonds. The third-order valence-corrected chi connectivity index (χ3v) is 6.74. The number of benzene rings is 2. The fourth-order valence-corrected chi connectivity index (χ4v) is 4.81. The van der Waals surface area contributed by atoms with Gasteiger partial charge in [0.2, 0.25) is 10.0 Å². The average Bonchev–Trinajstić information content (AvgIpc) is 2.70. The maximum atomic E-state index is 12.8. The van der Waals surface area contributed by atoms with Gasteiger partial charge < -0.3 is 0 Å².